The van der Waals surface area contributed by atoms with Crippen molar-refractivity contribution in [3.63, 3.8) is 0 Å². The topological polar surface area (TPSA) is 0 Å². The van der Waals surface area contributed by atoms with Crippen LogP contribution in [0.1, 0.15) is 77.9 Å². The summed E-state index contributed by atoms with van der Waals surface area (Å²) in [5.41, 5.74) is 20.3. The van der Waals surface area contributed by atoms with E-state index in [0.29, 0.717) is 0 Å². The minimum Gasteiger partial charge on any atom is -0.135 e. The number of fused-ring (bicyclic) bond motifs is 15. The van der Waals surface area contributed by atoms with Gasteiger partial charge in [-0.25, -0.2) is 0 Å². The maximum atomic E-state index is 2.39. The van der Waals surface area contributed by atoms with Crippen LogP contribution in [-0.2, 0) is 0 Å². The lowest BCUT2D eigenvalue weighted by molar-refractivity contribution is 1.26. The average molecular weight is 699 g/mol. The molecule has 0 N–H and O–H groups in total. The molecule has 0 amide bonds. The van der Waals surface area contributed by atoms with Crippen LogP contribution in [0.4, 0.5) is 0 Å². The lowest BCUT2D eigenvalue weighted by atomic mass is 9.89. The normalized spacial score (nSPS) is 12.8. The molecule has 0 nitrogen and oxygen atoms in total. The van der Waals surface area contributed by atoms with Crippen LogP contribution in [0.2, 0.25) is 0 Å². The summed E-state index contributed by atoms with van der Waals surface area (Å²) in [6.07, 6.45) is 0. The molecule has 0 saturated heterocycles. The van der Waals surface area contributed by atoms with Crippen molar-refractivity contribution in [1.29, 1.82) is 0 Å². The van der Waals surface area contributed by atoms with Gasteiger partial charge in [-0.15, -0.1) is 45.3 Å². The number of aryl methyl sites for hydroxylation is 10. The molecular formula is C44H42S4. The van der Waals surface area contributed by atoms with E-state index in [4.69, 9.17) is 0 Å². The molecule has 4 aromatic heterocycles. The average Bonchev–Trinajstić information content (AvgIpc) is 3.84. The zero-order chi connectivity index (χ0) is 34.1. The Morgan fingerprint density at radius 1 is 0.167 bits per heavy atom. The molecule has 48 heavy (non-hydrogen) atoms. The zero-order valence-corrected chi connectivity index (χ0v) is 33.9. The van der Waals surface area contributed by atoms with Gasteiger partial charge in [0.05, 0.1) is 0 Å². The van der Waals surface area contributed by atoms with E-state index in [1.807, 2.05) is 22.7 Å². The monoisotopic (exact) mass is 698 g/mol. The van der Waals surface area contributed by atoms with Gasteiger partial charge in [-0.2, -0.15) is 0 Å². The maximum absolute atomic E-state index is 2.39. The largest absolute Gasteiger partial charge is 0.135 e. The van der Waals surface area contributed by atoms with Crippen LogP contribution in [-0.4, -0.2) is 0 Å². The van der Waals surface area contributed by atoms with Gasteiger partial charge in [0.2, 0.25) is 0 Å². The molecule has 0 aliphatic rings. The van der Waals surface area contributed by atoms with Crippen LogP contribution in [0.5, 0.6) is 0 Å². The van der Waals surface area contributed by atoms with Crippen LogP contribution in [0.25, 0.3) is 80.7 Å². The van der Waals surface area contributed by atoms with Gasteiger partial charge in [-0.3, -0.25) is 0 Å². The molecular weight excluding hydrogens is 657 g/mol. The molecule has 0 aliphatic carbocycles. The Kier molecular flexibility index (Phi) is 6.34. The number of hydrogen-bond donors (Lipinski definition) is 0. The smallest absolute Gasteiger partial charge is 0.0394 e. The molecule has 9 aromatic rings. The summed E-state index contributed by atoms with van der Waals surface area (Å²) in [6.45, 7) is 33.0. The Balaban J connectivity index is 1.69. The van der Waals surface area contributed by atoms with Crippen molar-refractivity contribution in [2.45, 2.75) is 96.9 Å². The van der Waals surface area contributed by atoms with Gasteiger partial charge in [0.25, 0.3) is 0 Å². The van der Waals surface area contributed by atoms with Gasteiger partial charge >= 0.3 is 0 Å². The fourth-order valence-corrected chi connectivity index (χ4v) is 14.7. The highest BCUT2D eigenvalue weighted by Crippen LogP contribution is 2.57. The molecule has 9 rings (SSSR count). The van der Waals surface area contributed by atoms with E-state index in [9.17, 15) is 0 Å². The highest BCUT2D eigenvalue weighted by atomic mass is 32.1. The Bertz CT molecular complexity index is 2810. The predicted octanol–water partition coefficient (Wildman–Crippen LogP) is 15.5. The van der Waals surface area contributed by atoms with Crippen molar-refractivity contribution in [1.82, 2.24) is 0 Å². The quantitative estimate of drug-likeness (QED) is 0.148. The third kappa shape index (κ3) is 3.41. The van der Waals surface area contributed by atoms with Crippen LogP contribution in [0, 0.1) is 96.9 Å². The first-order valence-corrected chi connectivity index (χ1v) is 20.4. The van der Waals surface area contributed by atoms with Crippen LogP contribution < -0.4 is 0 Å². The minimum absolute atomic E-state index is 1.44. The van der Waals surface area contributed by atoms with E-state index in [1.54, 1.807) is 0 Å². The Labute approximate surface area is 299 Å². The third-order valence-electron chi connectivity index (χ3n) is 12.9. The van der Waals surface area contributed by atoms with Gasteiger partial charge in [0.1, 0.15) is 0 Å². The lowest BCUT2D eigenvalue weighted by Gasteiger charge is -2.13. The van der Waals surface area contributed by atoms with Crippen LogP contribution in [0.3, 0.4) is 0 Å². The fraction of sp³-hybridized carbons (Fsp3) is 0.318. The molecule has 0 saturated carbocycles. The number of thiophene rings is 4. The second kappa shape index (κ2) is 9.82. The Hall–Kier alpha value is -3.02. The number of rotatable bonds is 0. The minimum atomic E-state index is 1.44. The van der Waals surface area contributed by atoms with E-state index < -0.39 is 0 Å². The second-order valence-electron chi connectivity index (χ2n) is 14.8. The van der Waals surface area contributed by atoms with E-state index >= 15 is 0 Å². The summed E-state index contributed by atoms with van der Waals surface area (Å²) in [5, 5.41) is 12.0. The second-order valence-corrected chi connectivity index (χ2v) is 18.9. The van der Waals surface area contributed by atoms with Crippen molar-refractivity contribution in [3.05, 3.63) is 77.9 Å². The molecule has 0 atom stereocenters. The molecule has 242 valence electrons. The van der Waals surface area contributed by atoms with Crippen molar-refractivity contribution < 1.29 is 0 Å². The molecule has 0 bridgehead atoms. The van der Waals surface area contributed by atoms with Gasteiger partial charge in [-0.1, -0.05) is 0 Å². The zero-order valence-electron chi connectivity index (χ0n) is 30.6. The van der Waals surface area contributed by atoms with Crippen LogP contribution >= 0.6 is 45.3 Å². The van der Waals surface area contributed by atoms with Gasteiger partial charge < -0.3 is 0 Å². The van der Waals surface area contributed by atoms with Crippen molar-refractivity contribution in [2.24, 2.45) is 0 Å². The molecule has 4 heterocycles. The van der Waals surface area contributed by atoms with E-state index in [1.165, 1.54) is 159 Å². The maximum Gasteiger partial charge on any atom is 0.0394 e. The summed E-state index contributed by atoms with van der Waals surface area (Å²) in [5.74, 6) is 0. The van der Waals surface area contributed by atoms with E-state index in [2.05, 4.69) is 120 Å². The number of benzene rings is 5. The molecule has 0 radical (unpaired) electrons. The Morgan fingerprint density at radius 2 is 0.312 bits per heavy atom. The van der Waals surface area contributed by atoms with E-state index in [-0.39, 0.29) is 0 Å². The van der Waals surface area contributed by atoms with Gasteiger partial charge in [0, 0.05) is 80.7 Å². The molecule has 0 aliphatic heterocycles. The summed E-state index contributed by atoms with van der Waals surface area (Å²) >= 11 is 8.18. The van der Waals surface area contributed by atoms with Crippen LogP contribution in [0.15, 0.2) is 0 Å². The summed E-state index contributed by atoms with van der Waals surface area (Å²) in [6, 6.07) is 0. The first-order valence-electron chi connectivity index (χ1n) is 17.1. The Morgan fingerprint density at radius 3 is 0.542 bits per heavy atom. The molecule has 0 spiro atoms. The predicted molar refractivity (Wildman–Crippen MR) is 224 cm³/mol. The molecule has 4 heteroatoms. The van der Waals surface area contributed by atoms with Crippen molar-refractivity contribution in [2.75, 3.05) is 0 Å². The standard InChI is InChI=1S/C44H42S4/c1-15-17(3)21(7)37-29(19(15)5)31-33-35-36-34-32-30-20(6)16(2)18(4)22(8)38(30)46-40(32)24(10)26(12)42(34)48-44(36)28(14)27(13)43(35)47-41(33)25(11)23(9)39(31)45-37/h1-14H3. The summed E-state index contributed by atoms with van der Waals surface area (Å²) < 4.78 is 11.8. The van der Waals surface area contributed by atoms with Gasteiger partial charge in [-0.05, 0) is 175 Å². The molecule has 0 fully saturated rings. The van der Waals surface area contributed by atoms with E-state index in [0.717, 1.165) is 0 Å². The molecule has 5 aromatic carbocycles. The summed E-state index contributed by atoms with van der Waals surface area (Å²) in [4.78, 5) is 0. The third-order valence-corrected chi connectivity index (χ3v) is 18.6. The SMILES string of the molecule is Cc1c(C)c(C)c2c(sc3c(C)c(C)c4sc5c(C)c(C)c6sc7c(C)c(C)c8sc9c(C)c(C)c(C)c(C)c9c8c7c6c5c4c32)c1C. The summed E-state index contributed by atoms with van der Waals surface area (Å²) in [7, 11) is 0. The highest BCUT2D eigenvalue weighted by Gasteiger charge is 2.28. The van der Waals surface area contributed by atoms with Crippen molar-refractivity contribution in [3.8, 4) is 0 Å². The van der Waals surface area contributed by atoms with Crippen molar-refractivity contribution >= 4 is 126 Å². The lowest BCUT2D eigenvalue weighted by Crippen LogP contribution is -1.92. The first-order chi connectivity index (χ1) is 22.7. The fourth-order valence-electron chi connectivity index (χ4n) is 8.85. The first kappa shape index (κ1) is 31.0. The number of hydrogen-bond acceptors (Lipinski definition) is 4. The van der Waals surface area contributed by atoms with Gasteiger partial charge in [0.15, 0.2) is 0 Å². The molecule has 0 unspecified atom stereocenters. The highest BCUT2D eigenvalue weighted by molar-refractivity contribution is 7.30.